The SMILES string of the molecule is CCc1c(C)sc(NC(=O)c2ccccc2Br)c1C(=O)OC(C)C. The van der Waals surface area contributed by atoms with E-state index in [0.29, 0.717) is 27.0 Å². The average Bonchev–Trinajstić information content (AvgIpc) is 2.82. The zero-order valence-corrected chi connectivity index (χ0v) is 16.5. The topological polar surface area (TPSA) is 55.4 Å². The molecular weight excluding hydrogens is 390 g/mol. The summed E-state index contributed by atoms with van der Waals surface area (Å²) in [6.07, 6.45) is 0.490. The summed E-state index contributed by atoms with van der Waals surface area (Å²) in [5.41, 5.74) is 1.91. The largest absolute Gasteiger partial charge is 0.459 e. The molecule has 4 nitrogen and oxygen atoms in total. The first-order chi connectivity index (χ1) is 11.3. The number of esters is 1. The summed E-state index contributed by atoms with van der Waals surface area (Å²) in [6.45, 7) is 7.55. The lowest BCUT2D eigenvalue weighted by molar-refractivity contribution is 0.0378. The number of ether oxygens (including phenoxy) is 1. The van der Waals surface area contributed by atoms with Crippen LogP contribution in [0.25, 0.3) is 0 Å². The van der Waals surface area contributed by atoms with Crippen molar-refractivity contribution in [1.29, 1.82) is 0 Å². The standard InChI is InChI=1S/C18H20BrNO3S/c1-5-12-11(4)24-17(15(12)18(22)23-10(2)3)20-16(21)13-8-6-7-9-14(13)19/h6-10H,5H2,1-4H3,(H,20,21). The molecule has 0 aliphatic carbocycles. The van der Waals surface area contributed by atoms with Gasteiger partial charge in [-0.15, -0.1) is 11.3 Å². The molecule has 6 heteroatoms. The molecule has 0 spiro atoms. The minimum atomic E-state index is -0.395. The van der Waals surface area contributed by atoms with Crippen molar-refractivity contribution in [3.05, 3.63) is 50.3 Å². The molecule has 128 valence electrons. The number of nitrogens with one attached hydrogen (secondary N) is 1. The number of anilines is 1. The number of aryl methyl sites for hydroxylation is 1. The van der Waals surface area contributed by atoms with Crippen LogP contribution in [0.2, 0.25) is 0 Å². The van der Waals surface area contributed by atoms with E-state index in [1.165, 1.54) is 11.3 Å². The van der Waals surface area contributed by atoms with Crippen molar-refractivity contribution in [3.63, 3.8) is 0 Å². The van der Waals surface area contributed by atoms with Gasteiger partial charge in [0.2, 0.25) is 0 Å². The fourth-order valence-corrected chi connectivity index (χ4v) is 3.99. The predicted molar refractivity (Wildman–Crippen MR) is 101 cm³/mol. The van der Waals surface area contributed by atoms with Crippen LogP contribution in [0.4, 0.5) is 5.00 Å². The van der Waals surface area contributed by atoms with Crippen LogP contribution in [0.15, 0.2) is 28.7 Å². The number of benzene rings is 1. The molecule has 1 aromatic carbocycles. The Labute approximate surface area is 154 Å². The van der Waals surface area contributed by atoms with E-state index < -0.39 is 5.97 Å². The molecule has 0 radical (unpaired) electrons. The minimum Gasteiger partial charge on any atom is -0.459 e. The van der Waals surface area contributed by atoms with Crippen LogP contribution in [-0.4, -0.2) is 18.0 Å². The number of rotatable bonds is 5. The summed E-state index contributed by atoms with van der Waals surface area (Å²) in [5, 5.41) is 3.40. The molecule has 0 fully saturated rings. The maximum Gasteiger partial charge on any atom is 0.341 e. The molecule has 0 saturated heterocycles. The van der Waals surface area contributed by atoms with Crippen molar-refractivity contribution in [2.45, 2.75) is 40.2 Å². The highest BCUT2D eigenvalue weighted by Gasteiger charge is 2.25. The molecule has 0 aliphatic rings. The third-order valence-electron chi connectivity index (χ3n) is 3.45. The van der Waals surface area contributed by atoms with E-state index in [1.807, 2.05) is 33.8 Å². The Kier molecular flexibility index (Phi) is 6.18. The van der Waals surface area contributed by atoms with Crippen molar-refractivity contribution in [1.82, 2.24) is 0 Å². The van der Waals surface area contributed by atoms with Crippen molar-refractivity contribution in [2.24, 2.45) is 0 Å². The average molecular weight is 410 g/mol. The summed E-state index contributed by atoms with van der Waals surface area (Å²) >= 11 is 4.78. The quantitative estimate of drug-likeness (QED) is 0.690. The number of hydrogen-bond acceptors (Lipinski definition) is 4. The van der Waals surface area contributed by atoms with E-state index in [-0.39, 0.29) is 12.0 Å². The van der Waals surface area contributed by atoms with Gasteiger partial charge >= 0.3 is 5.97 Å². The highest BCUT2D eigenvalue weighted by Crippen LogP contribution is 2.35. The highest BCUT2D eigenvalue weighted by molar-refractivity contribution is 9.10. The first-order valence-corrected chi connectivity index (χ1v) is 9.35. The molecule has 0 atom stereocenters. The van der Waals surface area contributed by atoms with E-state index in [9.17, 15) is 9.59 Å². The van der Waals surface area contributed by atoms with Crippen LogP contribution in [0.5, 0.6) is 0 Å². The van der Waals surface area contributed by atoms with Gasteiger partial charge in [0.1, 0.15) is 5.00 Å². The second kappa shape index (κ2) is 7.94. The monoisotopic (exact) mass is 409 g/mol. The molecule has 0 unspecified atom stereocenters. The van der Waals surface area contributed by atoms with Crippen molar-refractivity contribution < 1.29 is 14.3 Å². The Balaban J connectivity index is 2.38. The van der Waals surface area contributed by atoms with Crippen molar-refractivity contribution in [2.75, 3.05) is 5.32 Å². The van der Waals surface area contributed by atoms with Crippen LogP contribution in [-0.2, 0) is 11.2 Å². The number of amides is 1. The third-order valence-corrected chi connectivity index (χ3v) is 5.21. The predicted octanol–water partition coefficient (Wildman–Crippen LogP) is 5.20. The number of halogens is 1. The van der Waals surface area contributed by atoms with Gasteiger partial charge in [-0.25, -0.2) is 4.79 Å². The molecule has 1 N–H and O–H groups in total. The summed E-state index contributed by atoms with van der Waals surface area (Å²) in [4.78, 5) is 26.0. The van der Waals surface area contributed by atoms with Gasteiger partial charge in [-0.3, -0.25) is 4.79 Å². The smallest absolute Gasteiger partial charge is 0.341 e. The second-order valence-corrected chi connectivity index (χ2v) is 7.66. The zero-order chi connectivity index (χ0) is 17.9. The second-order valence-electron chi connectivity index (χ2n) is 5.58. The van der Waals surface area contributed by atoms with Gasteiger partial charge in [0.15, 0.2) is 0 Å². The van der Waals surface area contributed by atoms with E-state index in [2.05, 4.69) is 21.2 Å². The molecule has 2 rings (SSSR count). The van der Waals surface area contributed by atoms with E-state index in [1.54, 1.807) is 18.2 Å². The van der Waals surface area contributed by atoms with Crippen LogP contribution < -0.4 is 5.32 Å². The minimum absolute atomic E-state index is 0.214. The summed E-state index contributed by atoms with van der Waals surface area (Å²) in [5.74, 6) is -0.654. The zero-order valence-electron chi connectivity index (χ0n) is 14.1. The number of hydrogen-bond donors (Lipinski definition) is 1. The number of thiophene rings is 1. The Morgan fingerprint density at radius 3 is 2.54 bits per heavy atom. The highest BCUT2D eigenvalue weighted by atomic mass is 79.9. The molecular formula is C18H20BrNO3S. The van der Waals surface area contributed by atoms with Gasteiger partial charge in [0.25, 0.3) is 5.91 Å². The number of carbonyl (C=O) groups is 2. The van der Waals surface area contributed by atoms with Crippen LogP contribution >= 0.6 is 27.3 Å². The van der Waals surface area contributed by atoms with E-state index in [0.717, 1.165) is 10.4 Å². The van der Waals surface area contributed by atoms with Gasteiger partial charge in [-0.1, -0.05) is 19.1 Å². The van der Waals surface area contributed by atoms with Crippen molar-refractivity contribution >= 4 is 44.1 Å². The molecule has 0 saturated carbocycles. The summed E-state index contributed by atoms with van der Waals surface area (Å²) in [7, 11) is 0. The van der Waals surface area contributed by atoms with E-state index >= 15 is 0 Å². The Bertz CT molecular complexity index is 768. The van der Waals surface area contributed by atoms with Gasteiger partial charge < -0.3 is 10.1 Å². The van der Waals surface area contributed by atoms with Crippen LogP contribution in [0.1, 0.15) is 51.9 Å². The molecule has 1 aromatic heterocycles. The lowest BCUT2D eigenvalue weighted by Crippen LogP contribution is -2.17. The first-order valence-electron chi connectivity index (χ1n) is 7.74. The Morgan fingerprint density at radius 2 is 1.96 bits per heavy atom. The van der Waals surface area contributed by atoms with Crippen LogP contribution in [0, 0.1) is 6.92 Å². The van der Waals surface area contributed by atoms with Crippen molar-refractivity contribution in [3.8, 4) is 0 Å². The fourth-order valence-electron chi connectivity index (χ4n) is 2.40. The first kappa shape index (κ1) is 18.7. The summed E-state index contributed by atoms with van der Waals surface area (Å²) < 4.78 is 6.06. The number of carbonyl (C=O) groups excluding carboxylic acids is 2. The maximum atomic E-state index is 12.6. The van der Waals surface area contributed by atoms with Gasteiger partial charge in [-0.05, 0) is 60.8 Å². The normalized spacial score (nSPS) is 10.8. The molecule has 1 amide bonds. The molecule has 2 aromatic rings. The maximum absolute atomic E-state index is 12.6. The Hall–Kier alpha value is -1.66. The summed E-state index contributed by atoms with van der Waals surface area (Å²) in [6, 6.07) is 7.17. The molecule has 0 bridgehead atoms. The van der Waals surface area contributed by atoms with E-state index in [4.69, 9.17) is 4.74 Å². The molecule has 1 heterocycles. The third kappa shape index (κ3) is 4.05. The molecule has 24 heavy (non-hydrogen) atoms. The molecule has 0 aliphatic heterocycles. The van der Waals surface area contributed by atoms with Gasteiger partial charge in [-0.2, -0.15) is 0 Å². The fraction of sp³-hybridized carbons (Fsp3) is 0.333. The van der Waals surface area contributed by atoms with Gasteiger partial charge in [0.05, 0.1) is 17.2 Å². The van der Waals surface area contributed by atoms with Gasteiger partial charge in [0, 0.05) is 9.35 Å². The lowest BCUT2D eigenvalue weighted by Gasteiger charge is -2.11. The Morgan fingerprint density at radius 1 is 1.29 bits per heavy atom. The lowest BCUT2D eigenvalue weighted by atomic mass is 10.1. The van der Waals surface area contributed by atoms with Crippen LogP contribution in [0.3, 0.4) is 0 Å².